The average Bonchev–Trinajstić information content (AvgIpc) is 2.57. The van der Waals surface area contributed by atoms with Crippen molar-refractivity contribution >= 4 is 11.8 Å². The molecule has 2 rings (SSSR count). The molecule has 2 aliphatic rings. The molecule has 1 heterocycles. The molecule has 0 spiro atoms. The van der Waals surface area contributed by atoms with E-state index in [0.29, 0.717) is 6.42 Å². The number of nitrogens with zero attached hydrogens (tertiary/aromatic N) is 1. The summed E-state index contributed by atoms with van der Waals surface area (Å²) in [6.45, 7) is 1.91. The van der Waals surface area contributed by atoms with Crippen molar-refractivity contribution in [1.82, 2.24) is 4.90 Å². The van der Waals surface area contributed by atoms with Crippen molar-refractivity contribution in [3.05, 3.63) is 0 Å². The molecule has 3 atom stereocenters. The summed E-state index contributed by atoms with van der Waals surface area (Å²) in [4.78, 5) is 25.6. The van der Waals surface area contributed by atoms with Crippen LogP contribution in [0.3, 0.4) is 0 Å². The number of amides is 2. The Kier molecular flexibility index (Phi) is 3.00. The zero-order valence-electron chi connectivity index (χ0n) is 9.61. The molecule has 2 fully saturated rings. The van der Waals surface area contributed by atoms with Gasteiger partial charge in [0.1, 0.15) is 6.04 Å². The lowest BCUT2D eigenvalue weighted by atomic mass is 9.81. The third kappa shape index (κ3) is 1.53. The van der Waals surface area contributed by atoms with E-state index in [9.17, 15) is 9.59 Å². The molecule has 3 unspecified atom stereocenters. The lowest BCUT2D eigenvalue weighted by Crippen LogP contribution is -2.39. The van der Waals surface area contributed by atoms with Crippen LogP contribution in [0, 0.1) is 24.2 Å². The number of hydrogen-bond acceptors (Lipinski definition) is 2. The smallest absolute Gasteiger partial charge is 0.234 e. The number of fused-ring (bicyclic) bond motifs is 1. The molecule has 0 aromatic rings. The molecular weight excluding hydrogens is 202 g/mol. The van der Waals surface area contributed by atoms with E-state index < -0.39 is 0 Å². The van der Waals surface area contributed by atoms with E-state index in [0.717, 1.165) is 25.7 Å². The number of rotatable bonds is 2. The summed E-state index contributed by atoms with van der Waals surface area (Å²) >= 11 is 0. The standard InChI is InChI=1S/C13H17NO2/c1-3-9(4-2)14-12(15)10-7-5-6-8-11(10)13(14)16/h1,9-11H,4-8H2,2H3. The Labute approximate surface area is 96.2 Å². The van der Waals surface area contributed by atoms with Crippen LogP contribution < -0.4 is 0 Å². The summed E-state index contributed by atoms with van der Waals surface area (Å²) in [7, 11) is 0. The largest absolute Gasteiger partial charge is 0.274 e. The maximum atomic E-state index is 12.1. The van der Waals surface area contributed by atoms with Gasteiger partial charge in [-0.05, 0) is 19.3 Å². The molecular formula is C13H17NO2. The molecule has 1 aliphatic carbocycles. The third-order valence-corrected chi connectivity index (χ3v) is 3.77. The first kappa shape index (κ1) is 11.2. The quantitative estimate of drug-likeness (QED) is 0.522. The number of likely N-dealkylation sites (tertiary alicyclic amines) is 1. The predicted octanol–water partition coefficient (Wildman–Crippen LogP) is 1.57. The SMILES string of the molecule is C#CC(CC)N1C(=O)C2CCCCC2C1=O. The summed E-state index contributed by atoms with van der Waals surface area (Å²) < 4.78 is 0. The van der Waals surface area contributed by atoms with Gasteiger partial charge in [0.05, 0.1) is 11.8 Å². The van der Waals surface area contributed by atoms with Gasteiger partial charge >= 0.3 is 0 Å². The van der Waals surface area contributed by atoms with Gasteiger partial charge in [0.2, 0.25) is 11.8 Å². The van der Waals surface area contributed by atoms with Gasteiger partial charge in [-0.15, -0.1) is 6.42 Å². The molecule has 1 saturated carbocycles. The summed E-state index contributed by atoms with van der Waals surface area (Å²) in [5.41, 5.74) is 0. The molecule has 1 aliphatic heterocycles. The van der Waals surface area contributed by atoms with Crippen molar-refractivity contribution < 1.29 is 9.59 Å². The van der Waals surface area contributed by atoms with E-state index >= 15 is 0 Å². The summed E-state index contributed by atoms with van der Waals surface area (Å²) in [5.74, 6) is 2.33. The first-order valence-corrected chi connectivity index (χ1v) is 6.03. The topological polar surface area (TPSA) is 37.4 Å². The summed E-state index contributed by atoms with van der Waals surface area (Å²) in [6, 6.07) is -0.342. The molecule has 3 nitrogen and oxygen atoms in total. The Bertz CT molecular complexity index is 331. The van der Waals surface area contributed by atoms with Crippen LogP contribution in [0.1, 0.15) is 39.0 Å². The summed E-state index contributed by atoms with van der Waals surface area (Å²) in [6.07, 6.45) is 9.85. The molecule has 0 N–H and O–H groups in total. The fraction of sp³-hybridized carbons (Fsp3) is 0.692. The Morgan fingerprint density at radius 2 is 1.81 bits per heavy atom. The molecule has 0 bridgehead atoms. The fourth-order valence-electron chi connectivity index (χ4n) is 2.87. The molecule has 1 saturated heterocycles. The molecule has 0 radical (unpaired) electrons. The van der Waals surface area contributed by atoms with Crippen LogP contribution >= 0.6 is 0 Å². The Hall–Kier alpha value is -1.30. The average molecular weight is 219 g/mol. The third-order valence-electron chi connectivity index (χ3n) is 3.77. The Morgan fingerprint density at radius 3 is 2.19 bits per heavy atom. The zero-order valence-corrected chi connectivity index (χ0v) is 9.61. The molecule has 0 aromatic heterocycles. The minimum atomic E-state index is -0.342. The van der Waals surface area contributed by atoms with Gasteiger partial charge in [-0.2, -0.15) is 0 Å². The van der Waals surface area contributed by atoms with Gasteiger partial charge in [-0.25, -0.2) is 0 Å². The van der Waals surface area contributed by atoms with Gasteiger partial charge in [-0.1, -0.05) is 25.7 Å². The highest BCUT2D eigenvalue weighted by atomic mass is 16.2. The van der Waals surface area contributed by atoms with Gasteiger partial charge in [-0.3, -0.25) is 14.5 Å². The van der Waals surface area contributed by atoms with E-state index in [-0.39, 0.29) is 29.7 Å². The van der Waals surface area contributed by atoms with Crippen LogP contribution in [0.25, 0.3) is 0 Å². The highest BCUT2D eigenvalue weighted by Gasteiger charge is 2.49. The molecule has 0 aromatic carbocycles. The van der Waals surface area contributed by atoms with Crippen LogP contribution in [0.4, 0.5) is 0 Å². The molecule has 3 heteroatoms. The molecule has 16 heavy (non-hydrogen) atoms. The van der Waals surface area contributed by atoms with Crippen LogP contribution in [0.5, 0.6) is 0 Å². The number of carbonyl (C=O) groups excluding carboxylic acids is 2. The monoisotopic (exact) mass is 219 g/mol. The number of imide groups is 1. The maximum absolute atomic E-state index is 12.1. The van der Waals surface area contributed by atoms with Crippen LogP contribution in [0.15, 0.2) is 0 Å². The van der Waals surface area contributed by atoms with Crippen molar-refractivity contribution in [2.45, 2.75) is 45.1 Å². The minimum absolute atomic E-state index is 0.0282. The van der Waals surface area contributed by atoms with E-state index in [1.54, 1.807) is 0 Å². The lowest BCUT2D eigenvalue weighted by molar-refractivity contribution is -0.141. The Morgan fingerprint density at radius 1 is 1.31 bits per heavy atom. The number of terminal acetylenes is 1. The summed E-state index contributed by atoms with van der Waals surface area (Å²) in [5, 5.41) is 0. The van der Waals surface area contributed by atoms with Crippen molar-refractivity contribution in [3.8, 4) is 12.3 Å². The second-order valence-corrected chi connectivity index (χ2v) is 4.63. The van der Waals surface area contributed by atoms with Crippen LogP contribution in [-0.2, 0) is 9.59 Å². The van der Waals surface area contributed by atoms with Gasteiger partial charge in [0, 0.05) is 0 Å². The normalized spacial score (nSPS) is 31.1. The second kappa shape index (κ2) is 4.29. The number of carbonyl (C=O) groups is 2. The van der Waals surface area contributed by atoms with Crippen LogP contribution in [0.2, 0.25) is 0 Å². The lowest BCUT2D eigenvalue weighted by Gasteiger charge is -2.20. The first-order valence-electron chi connectivity index (χ1n) is 6.03. The second-order valence-electron chi connectivity index (χ2n) is 4.63. The van der Waals surface area contributed by atoms with Gasteiger partial charge in [0.25, 0.3) is 0 Å². The van der Waals surface area contributed by atoms with Crippen LogP contribution in [-0.4, -0.2) is 22.8 Å². The van der Waals surface area contributed by atoms with Gasteiger partial charge < -0.3 is 0 Å². The van der Waals surface area contributed by atoms with Gasteiger partial charge in [0.15, 0.2) is 0 Å². The maximum Gasteiger partial charge on any atom is 0.234 e. The highest BCUT2D eigenvalue weighted by molar-refractivity contribution is 6.05. The zero-order chi connectivity index (χ0) is 11.7. The Balaban J connectivity index is 2.25. The molecule has 86 valence electrons. The van der Waals surface area contributed by atoms with Crippen molar-refractivity contribution in [3.63, 3.8) is 0 Å². The van der Waals surface area contributed by atoms with Crippen molar-refractivity contribution in [1.29, 1.82) is 0 Å². The highest BCUT2D eigenvalue weighted by Crippen LogP contribution is 2.38. The minimum Gasteiger partial charge on any atom is -0.274 e. The van der Waals surface area contributed by atoms with E-state index in [2.05, 4.69) is 5.92 Å². The van der Waals surface area contributed by atoms with E-state index in [1.807, 2.05) is 6.92 Å². The van der Waals surface area contributed by atoms with E-state index in [4.69, 9.17) is 6.42 Å². The molecule has 2 amide bonds. The predicted molar refractivity (Wildman–Crippen MR) is 60.2 cm³/mol. The first-order chi connectivity index (χ1) is 7.70. The van der Waals surface area contributed by atoms with E-state index in [1.165, 1.54) is 4.90 Å². The van der Waals surface area contributed by atoms with Crippen molar-refractivity contribution in [2.75, 3.05) is 0 Å². The van der Waals surface area contributed by atoms with Crippen molar-refractivity contribution in [2.24, 2.45) is 11.8 Å². The fourth-order valence-corrected chi connectivity index (χ4v) is 2.87. The number of hydrogen-bond donors (Lipinski definition) is 0.